The second kappa shape index (κ2) is 10.0. The Morgan fingerprint density at radius 1 is 0.941 bits per heavy atom. The highest BCUT2D eigenvalue weighted by molar-refractivity contribution is 6.07. The number of hydrogen-bond acceptors (Lipinski definition) is 6. The number of halogens is 1. The number of amides is 2. The van der Waals surface area contributed by atoms with Crippen LogP contribution in [0.4, 0.5) is 15.8 Å². The number of methoxy groups -OCH3 is 2. The standard InChI is InChI=1S/C25H22FN3O5/c1-32-21-14-20(22(33-2)13-19(21)27-24(30)15-7-4-3-5-8-15)28-25(31)23-12-18(29-34-23)16-9-6-10-17(26)11-16/h3-11,13-14,23H,12H2,1-2H3,(H,27,30)(H,28,31). The fourth-order valence-corrected chi connectivity index (χ4v) is 3.45. The third-order valence-corrected chi connectivity index (χ3v) is 5.18. The van der Waals surface area contributed by atoms with Gasteiger partial charge in [-0.1, -0.05) is 35.5 Å². The molecule has 0 radical (unpaired) electrons. The van der Waals surface area contributed by atoms with Crippen molar-refractivity contribution in [3.63, 3.8) is 0 Å². The Labute approximate surface area is 195 Å². The monoisotopic (exact) mass is 463 g/mol. The molecular weight excluding hydrogens is 441 g/mol. The van der Waals surface area contributed by atoms with Crippen LogP contribution >= 0.6 is 0 Å². The lowest BCUT2D eigenvalue weighted by molar-refractivity contribution is -0.125. The molecule has 1 aliphatic heterocycles. The lowest BCUT2D eigenvalue weighted by Crippen LogP contribution is -2.28. The normalized spacial score (nSPS) is 14.6. The van der Waals surface area contributed by atoms with Crippen molar-refractivity contribution in [1.29, 1.82) is 0 Å². The Balaban J connectivity index is 1.48. The number of anilines is 2. The molecule has 0 spiro atoms. The highest BCUT2D eigenvalue weighted by Crippen LogP contribution is 2.37. The van der Waals surface area contributed by atoms with Gasteiger partial charge in [-0.15, -0.1) is 0 Å². The SMILES string of the molecule is COc1cc(NC(=O)C2CC(c3cccc(F)c3)=NO2)c(OC)cc1NC(=O)c1ccccc1. The summed E-state index contributed by atoms with van der Waals surface area (Å²) in [5, 5.41) is 9.46. The first-order chi connectivity index (χ1) is 16.5. The Hall–Kier alpha value is -4.40. The van der Waals surface area contributed by atoms with Gasteiger partial charge in [-0.2, -0.15) is 0 Å². The lowest BCUT2D eigenvalue weighted by Gasteiger charge is -2.17. The van der Waals surface area contributed by atoms with E-state index in [0.29, 0.717) is 39.7 Å². The van der Waals surface area contributed by atoms with Gasteiger partial charge >= 0.3 is 0 Å². The molecule has 0 saturated heterocycles. The van der Waals surface area contributed by atoms with Crippen molar-refractivity contribution in [2.75, 3.05) is 24.9 Å². The molecule has 174 valence electrons. The summed E-state index contributed by atoms with van der Waals surface area (Å²) in [6.07, 6.45) is -0.716. The van der Waals surface area contributed by atoms with Gasteiger partial charge in [-0.3, -0.25) is 9.59 Å². The van der Waals surface area contributed by atoms with Gasteiger partial charge in [0.1, 0.15) is 17.3 Å². The van der Waals surface area contributed by atoms with Crippen molar-refractivity contribution < 1.29 is 28.3 Å². The van der Waals surface area contributed by atoms with Gasteiger partial charge in [-0.05, 0) is 24.3 Å². The summed E-state index contributed by atoms with van der Waals surface area (Å²) in [7, 11) is 2.89. The maximum Gasteiger partial charge on any atom is 0.268 e. The zero-order valence-electron chi connectivity index (χ0n) is 18.5. The summed E-state index contributed by atoms with van der Waals surface area (Å²) in [4.78, 5) is 30.7. The molecule has 34 heavy (non-hydrogen) atoms. The van der Waals surface area contributed by atoms with E-state index >= 15 is 0 Å². The number of carbonyl (C=O) groups excluding carboxylic acids is 2. The average Bonchev–Trinajstić information content (AvgIpc) is 3.36. The Morgan fingerprint density at radius 3 is 2.26 bits per heavy atom. The number of carbonyl (C=O) groups is 2. The molecule has 1 aliphatic rings. The Kier molecular flexibility index (Phi) is 6.72. The summed E-state index contributed by atoms with van der Waals surface area (Å²) in [5.74, 6) is -0.550. The van der Waals surface area contributed by atoms with Crippen molar-refractivity contribution in [3.8, 4) is 11.5 Å². The van der Waals surface area contributed by atoms with E-state index in [0.717, 1.165) is 0 Å². The van der Waals surface area contributed by atoms with Crippen molar-refractivity contribution in [3.05, 3.63) is 83.7 Å². The summed E-state index contributed by atoms with van der Waals surface area (Å²) in [5.41, 5.74) is 2.20. The molecule has 0 bridgehead atoms. The minimum absolute atomic E-state index is 0.181. The third-order valence-electron chi connectivity index (χ3n) is 5.18. The first-order valence-corrected chi connectivity index (χ1v) is 10.4. The molecule has 0 aromatic heterocycles. The van der Waals surface area contributed by atoms with Gasteiger partial charge in [0.25, 0.3) is 11.8 Å². The number of nitrogens with one attached hydrogen (secondary N) is 2. The number of oxime groups is 1. The summed E-state index contributed by atoms with van der Waals surface area (Å²) < 4.78 is 24.3. The van der Waals surface area contributed by atoms with Gasteiger partial charge < -0.3 is 24.9 Å². The maximum absolute atomic E-state index is 13.5. The predicted octanol–water partition coefficient (Wildman–Crippen LogP) is 4.23. The molecule has 0 aliphatic carbocycles. The molecule has 1 heterocycles. The van der Waals surface area contributed by atoms with E-state index in [-0.39, 0.29) is 12.3 Å². The minimum Gasteiger partial charge on any atom is -0.494 e. The van der Waals surface area contributed by atoms with Gasteiger partial charge in [0.05, 0.1) is 31.3 Å². The van der Waals surface area contributed by atoms with E-state index in [1.165, 1.54) is 26.4 Å². The first kappa shape index (κ1) is 22.8. The number of ether oxygens (including phenoxy) is 2. The molecule has 1 unspecified atom stereocenters. The molecule has 0 saturated carbocycles. The summed E-state index contributed by atoms with van der Waals surface area (Å²) in [6.45, 7) is 0. The number of benzene rings is 3. The summed E-state index contributed by atoms with van der Waals surface area (Å²) >= 11 is 0. The van der Waals surface area contributed by atoms with E-state index < -0.39 is 17.8 Å². The van der Waals surface area contributed by atoms with Crippen LogP contribution in [-0.4, -0.2) is 37.8 Å². The van der Waals surface area contributed by atoms with Crippen molar-refractivity contribution in [2.45, 2.75) is 12.5 Å². The van der Waals surface area contributed by atoms with Crippen LogP contribution in [0.25, 0.3) is 0 Å². The number of rotatable bonds is 7. The number of hydrogen-bond donors (Lipinski definition) is 2. The van der Waals surface area contributed by atoms with Crippen molar-refractivity contribution >= 4 is 28.9 Å². The second-order valence-electron chi connectivity index (χ2n) is 7.41. The van der Waals surface area contributed by atoms with Gasteiger partial charge in [0.15, 0.2) is 0 Å². The largest absolute Gasteiger partial charge is 0.494 e. The molecule has 9 heteroatoms. The zero-order valence-corrected chi connectivity index (χ0v) is 18.5. The molecule has 3 aromatic carbocycles. The summed E-state index contributed by atoms with van der Waals surface area (Å²) in [6, 6.07) is 17.7. The topological polar surface area (TPSA) is 98.2 Å². The molecular formula is C25H22FN3O5. The average molecular weight is 463 g/mol. The van der Waals surface area contributed by atoms with E-state index in [1.54, 1.807) is 48.5 Å². The fourth-order valence-electron chi connectivity index (χ4n) is 3.45. The maximum atomic E-state index is 13.5. The van der Waals surface area contributed by atoms with Crippen LogP contribution in [-0.2, 0) is 9.63 Å². The molecule has 2 N–H and O–H groups in total. The fraction of sp³-hybridized carbons (Fsp3) is 0.160. The van der Waals surface area contributed by atoms with E-state index in [2.05, 4.69) is 15.8 Å². The van der Waals surface area contributed by atoms with Crippen LogP contribution in [0.3, 0.4) is 0 Å². The van der Waals surface area contributed by atoms with Crippen molar-refractivity contribution in [1.82, 2.24) is 0 Å². The molecule has 3 aromatic rings. The second-order valence-corrected chi connectivity index (χ2v) is 7.41. The minimum atomic E-state index is -0.897. The van der Waals surface area contributed by atoms with Crippen LogP contribution in [0.15, 0.2) is 71.9 Å². The smallest absolute Gasteiger partial charge is 0.268 e. The van der Waals surface area contributed by atoms with Gasteiger partial charge in [-0.25, -0.2) is 4.39 Å². The first-order valence-electron chi connectivity index (χ1n) is 10.4. The highest BCUT2D eigenvalue weighted by Gasteiger charge is 2.30. The third kappa shape index (κ3) is 4.98. The van der Waals surface area contributed by atoms with Crippen LogP contribution in [0.2, 0.25) is 0 Å². The Bertz CT molecular complexity index is 1250. The lowest BCUT2D eigenvalue weighted by atomic mass is 10.0. The van der Waals surface area contributed by atoms with Crippen LogP contribution < -0.4 is 20.1 Å². The molecule has 4 rings (SSSR count). The van der Waals surface area contributed by atoms with E-state index in [9.17, 15) is 14.0 Å². The highest BCUT2D eigenvalue weighted by atomic mass is 19.1. The van der Waals surface area contributed by atoms with Crippen LogP contribution in [0.5, 0.6) is 11.5 Å². The quantitative estimate of drug-likeness (QED) is 0.547. The van der Waals surface area contributed by atoms with E-state index in [1.807, 2.05) is 6.07 Å². The Morgan fingerprint density at radius 2 is 1.62 bits per heavy atom. The van der Waals surface area contributed by atoms with Crippen LogP contribution in [0, 0.1) is 5.82 Å². The molecule has 0 fully saturated rings. The van der Waals surface area contributed by atoms with E-state index in [4.69, 9.17) is 14.3 Å². The molecule has 1 atom stereocenters. The predicted molar refractivity (Wildman–Crippen MR) is 125 cm³/mol. The van der Waals surface area contributed by atoms with Crippen molar-refractivity contribution in [2.24, 2.45) is 5.16 Å². The molecule has 2 amide bonds. The molecule has 8 nitrogen and oxygen atoms in total. The van der Waals surface area contributed by atoms with Crippen LogP contribution in [0.1, 0.15) is 22.3 Å². The number of nitrogens with zero attached hydrogens (tertiary/aromatic N) is 1. The van der Waals surface area contributed by atoms with Gasteiger partial charge in [0, 0.05) is 29.7 Å². The van der Waals surface area contributed by atoms with Gasteiger partial charge in [0.2, 0.25) is 6.10 Å². The zero-order chi connectivity index (χ0) is 24.1.